The van der Waals surface area contributed by atoms with Crippen molar-refractivity contribution in [1.82, 2.24) is 4.98 Å². The van der Waals surface area contributed by atoms with Crippen LogP contribution in [0.25, 0.3) is 10.9 Å². The van der Waals surface area contributed by atoms with Crippen molar-refractivity contribution in [3.8, 4) is 0 Å². The molecule has 1 unspecified atom stereocenters. The number of nitro benzene ring substituents is 1. The van der Waals surface area contributed by atoms with Gasteiger partial charge in [-0.25, -0.2) is 4.79 Å². The lowest BCUT2D eigenvalue weighted by Crippen LogP contribution is -2.27. The lowest BCUT2D eigenvalue weighted by atomic mass is 10.1. The largest absolute Gasteiger partial charge is 0.467 e. The molecule has 2 rings (SSSR count). The first-order chi connectivity index (χ1) is 9.92. The summed E-state index contributed by atoms with van der Waals surface area (Å²) in [5.74, 6) is -0.414. The Bertz CT molecular complexity index is 715. The molecule has 2 aromatic rings. The minimum absolute atomic E-state index is 0.0260. The molecule has 0 amide bonds. The number of hydrogen-bond donors (Lipinski definition) is 1. The Morgan fingerprint density at radius 1 is 1.43 bits per heavy atom. The fourth-order valence-corrected chi connectivity index (χ4v) is 2.05. The Labute approximate surface area is 121 Å². The highest BCUT2D eigenvalue weighted by atomic mass is 16.6. The number of hydrogen-bond acceptors (Lipinski definition) is 6. The highest BCUT2D eigenvalue weighted by molar-refractivity contribution is 5.94. The van der Waals surface area contributed by atoms with Crippen LogP contribution in [0, 0.1) is 17.0 Å². The number of non-ortho nitro benzene ring substituents is 1. The van der Waals surface area contributed by atoms with Crippen molar-refractivity contribution in [3.63, 3.8) is 0 Å². The van der Waals surface area contributed by atoms with Gasteiger partial charge in [-0.05, 0) is 26.0 Å². The predicted octanol–water partition coefficient (Wildman–Crippen LogP) is 2.42. The first kappa shape index (κ1) is 14.7. The molecule has 0 aliphatic carbocycles. The second-order valence-electron chi connectivity index (χ2n) is 4.66. The van der Waals surface area contributed by atoms with E-state index in [1.165, 1.54) is 19.2 Å². The molecule has 0 radical (unpaired) electrons. The Morgan fingerprint density at radius 2 is 2.14 bits per heavy atom. The molecular weight excluding hydrogens is 274 g/mol. The Morgan fingerprint density at radius 3 is 2.76 bits per heavy atom. The van der Waals surface area contributed by atoms with Crippen LogP contribution in [-0.4, -0.2) is 29.0 Å². The molecule has 1 atom stereocenters. The number of ether oxygens (including phenoxy) is 1. The highest BCUT2D eigenvalue weighted by Crippen LogP contribution is 2.27. The molecule has 0 aliphatic rings. The van der Waals surface area contributed by atoms with Crippen molar-refractivity contribution in [2.45, 2.75) is 19.9 Å². The molecular formula is C14H15N3O4. The van der Waals surface area contributed by atoms with Gasteiger partial charge in [-0.2, -0.15) is 0 Å². The predicted molar refractivity (Wildman–Crippen MR) is 78.2 cm³/mol. The van der Waals surface area contributed by atoms with Crippen LogP contribution in [0.15, 0.2) is 24.3 Å². The van der Waals surface area contributed by atoms with Crippen LogP contribution >= 0.6 is 0 Å². The second-order valence-corrected chi connectivity index (χ2v) is 4.66. The lowest BCUT2D eigenvalue weighted by molar-refractivity contribution is -0.384. The highest BCUT2D eigenvalue weighted by Gasteiger charge is 2.16. The molecule has 1 aromatic heterocycles. The number of nitrogens with zero attached hydrogens (tertiary/aromatic N) is 2. The summed E-state index contributed by atoms with van der Waals surface area (Å²) >= 11 is 0. The van der Waals surface area contributed by atoms with Gasteiger partial charge >= 0.3 is 5.97 Å². The number of fused-ring (bicyclic) bond motifs is 1. The number of aromatic nitrogens is 1. The van der Waals surface area contributed by atoms with Crippen molar-refractivity contribution >= 4 is 28.2 Å². The number of nitrogens with one attached hydrogen (secondary N) is 1. The van der Waals surface area contributed by atoms with Crippen LogP contribution in [0.2, 0.25) is 0 Å². The zero-order chi connectivity index (χ0) is 15.6. The van der Waals surface area contributed by atoms with E-state index in [4.69, 9.17) is 0 Å². The maximum Gasteiger partial charge on any atom is 0.327 e. The summed E-state index contributed by atoms with van der Waals surface area (Å²) in [6.45, 7) is 3.47. The molecule has 1 aromatic carbocycles. The number of benzene rings is 1. The number of aryl methyl sites for hydroxylation is 1. The minimum Gasteiger partial charge on any atom is -0.467 e. The third kappa shape index (κ3) is 3.07. The van der Waals surface area contributed by atoms with Crippen LogP contribution in [0.4, 0.5) is 11.4 Å². The first-order valence-corrected chi connectivity index (χ1v) is 6.32. The molecule has 21 heavy (non-hydrogen) atoms. The van der Waals surface area contributed by atoms with Gasteiger partial charge in [-0.15, -0.1) is 0 Å². The van der Waals surface area contributed by atoms with Crippen molar-refractivity contribution < 1.29 is 14.5 Å². The topological polar surface area (TPSA) is 94.4 Å². The molecule has 7 nitrogen and oxygen atoms in total. The molecule has 0 aliphatic heterocycles. The summed E-state index contributed by atoms with van der Waals surface area (Å²) in [7, 11) is 1.31. The normalized spacial score (nSPS) is 12.0. The fourth-order valence-electron chi connectivity index (χ4n) is 2.05. The monoisotopic (exact) mass is 289 g/mol. The molecule has 0 saturated heterocycles. The smallest absolute Gasteiger partial charge is 0.327 e. The van der Waals surface area contributed by atoms with E-state index in [0.29, 0.717) is 16.6 Å². The summed E-state index contributed by atoms with van der Waals surface area (Å²) in [6.07, 6.45) is 0. The molecule has 1 N–H and O–H groups in total. The minimum atomic E-state index is -0.570. The van der Waals surface area contributed by atoms with Gasteiger partial charge < -0.3 is 10.1 Å². The Kier molecular flexibility index (Phi) is 4.02. The zero-order valence-electron chi connectivity index (χ0n) is 11.9. The van der Waals surface area contributed by atoms with Gasteiger partial charge in [0.05, 0.1) is 17.5 Å². The third-order valence-electron chi connectivity index (χ3n) is 3.06. The SMILES string of the molecule is COC(=O)C(C)Nc1cc(C)nc2ccc([N+](=O)[O-])cc12. The van der Waals surface area contributed by atoms with Gasteiger partial charge in [-0.1, -0.05) is 0 Å². The molecule has 110 valence electrons. The number of esters is 1. The summed E-state index contributed by atoms with van der Waals surface area (Å²) < 4.78 is 4.66. The summed E-state index contributed by atoms with van der Waals surface area (Å²) in [6, 6.07) is 5.61. The summed E-state index contributed by atoms with van der Waals surface area (Å²) in [5, 5.41) is 14.5. The van der Waals surface area contributed by atoms with Crippen LogP contribution in [0.1, 0.15) is 12.6 Å². The van der Waals surface area contributed by atoms with E-state index in [1.54, 1.807) is 19.1 Å². The number of methoxy groups -OCH3 is 1. The standard InChI is InChI=1S/C14H15N3O4/c1-8-6-13(16-9(2)14(18)21-3)11-7-10(17(19)20)4-5-12(11)15-8/h4-7,9H,1-3H3,(H,15,16). The van der Waals surface area contributed by atoms with E-state index in [-0.39, 0.29) is 5.69 Å². The Balaban J connectivity index is 2.52. The van der Waals surface area contributed by atoms with E-state index in [2.05, 4.69) is 15.0 Å². The Hall–Kier alpha value is -2.70. The van der Waals surface area contributed by atoms with Crippen LogP contribution in [0.5, 0.6) is 0 Å². The van der Waals surface area contributed by atoms with Crippen molar-refractivity contribution in [1.29, 1.82) is 0 Å². The van der Waals surface area contributed by atoms with Gasteiger partial charge in [0, 0.05) is 28.9 Å². The van der Waals surface area contributed by atoms with Gasteiger partial charge in [0.25, 0.3) is 5.69 Å². The van der Waals surface area contributed by atoms with Gasteiger partial charge in [0.15, 0.2) is 0 Å². The van der Waals surface area contributed by atoms with E-state index >= 15 is 0 Å². The van der Waals surface area contributed by atoms with Crippen molar-refractivity contribution in [2.24, 2.45) is 0 Å². The maximum atomic E-state index is 11.5. The molecule has 0 fully saturated rings. The van der Waals surface area contributed by atoms with Gasteiger partial charge in [0.2, 0.25) is 0 Å². The van der Waals surface area contributed by atoms with E-state index in [9.17, 15) is 14.9 Å². The average Bonchev–Trinajstić information content (AvgIpc) is 2.45. The second kappa shape index (κ2) is 5.74. The summed E-state index contributed by atoms with van der Waals surface area (Å²) in [5.41, 5.74) is 1.96. The van der Waals surface area contributed by atoms with Gasteiger partial charge in [-0.3, -0.25) is 15.1 Å². The number of anilines is 1. The number of rotatable bonds is 4. The molecule has 0 saturated carbocycles. The number of nitro groups is 1. The summed E-state index contributed by atoms with van der Waals surface area (Å²) in [4.78, 5) is 26.3. The fraction of sp³-hybridized carbons (Fsp3) is 0.286. The maximum absolute atomic E-state index is 11.5. The lowest BCUT2D eigenvalue weighted by Gasteiger charge is -2.15. The van der Waals surface area contributed by atoms with Crippen LogP contribution in [0.3, 0.4) is 0 Å². The molecule has 0 spiro atoms. The van der Waals surface area contributed by atoms with E-state index in [1.807, 2.05) is 6.92 Å². The molecule has 1 heterocycles. The first-order valence-electron chi connectivity index (χ1n) is 6.32. The van der Waals surface area contributed by atoms with E-state index < -0.39 is 16.9 Å². The third-order valence-corrected chi connectivity index (χ3v) is 3.06. The zero-order valence-corrected chi connectivity index (χ0v) is 11.9. The number of carbonyl (C=O) groups excluding carboxylic acids is 1. The average molecular weight is 289 g/mol. The van der Waals surface area contributed by atoms with Crippen molar-refractivity contribution in [2.75, 3.05) is 12.4 Å². The van der Waals surface area contributed by atoms with Crippen LogP contribution in [-0.2, 0) is 9.53 Å². The van der Waals surface area contributed by atoms with E-state index in [0.717, 1.165) is 5.69 Å². The number of pyridine rings is 1. The van der Waals surface area contributed by atoms with Crippen LogP contribution < -0.4 is 5.32 Å². The molecule has 7 heteroatoms. The molecule has 0 bridgehead atoms. The van der Waals surface area contributed by atoms with Crippen molar-refractivity contribution in [3.05, 3.63) is 40.1 Å². The number of carbonyl (C=O) groups is 1. The quantitative estimate of drug-likeness (QED) is 0.527. The van der Waals surface area contributed by atoms with Gasteiger partial charge in [0.1, 0.15) is 6.04 Å².